The fourth-order valence-electron chi connectivity index (χ4n) is 2.84. The number of furan rings is 1. The lowest BCUT2D eigenvalue weighted by Gasteiger charge is -2.12. The first-order chi connectivity index (χ1) is 12.7. The van der Waals surface area contributed by atoms with Crippen LogP contribution in [-0.2, 0) is 0 Å². The highest BCUT2D eigenvalue weighted by Crippen LogP contribution is 2.27. The Morgan fingerprint density at radius 1 is 1.00 bits per heavy atom. The molecule has 4 rings (SSSR count). The van der Waals surface area contributed by atoms with Gasteiger partial charge in [0.2, 0.25) is 0 Å². The summed E-state index contributed by atoms with van der Waals surface area (Å²) in [5.41, 5.74) is 2.25. The van der Waals surface area contributed by atoms with E-state index >= 15 is 0 Å². The minimum atomic E-state index is 0.538. The van der Waals surface area contributed by atoms with E-state index in [1.807, 2.05) is 36.4 Å². The average molecular weight is 348 g/mol. The maximum atomic E-state index is 5.50. The summed E-state index contributed by atoms with van der Waals surface area (Å²) in [5, 5.41) is 13.0. The molecule has 3 aromatic heterocycles. The maximum Gasteiger partial charge on any atom is 0.198 e. The Bertz CT molecular complexity index is 1030. The minimum absolute atomic E-state index is 0.538. The van der Waals surface area contributed by atoms with Crippen molar-refractivity contribution in [3.8, 4) is 11.6 Å². The molecule has 7 heteroatoms. The molecular weight excluding hydrogens is 328 g/mol. The lowest BCUT2D eigenvalue weighted by molar-refractivity contribution is 0.405. The smallest absolute Gasteiger partial charge is 0.198 e. The van der Waals surface area contributed by atoms with Crippen molar-refractivity contribution in [2.75, 3.05) is 32.5 Å². The predicted octanol–water partition coefficient (Wildman–Crippen LogP) is 3.20. The Labute approximate surface area is 151 Å². The van der Waals surface area contributed by atoms with Gasteiger partial charge in [-0.15, -0.1) is 10.2 Å². The molecular formula is C19H20N6O. The van der Waals surface area contributed by atoms with Crippen LogP contribution in [0, 0.1) is 0 Å². The van der Waals surface area contributed by atoms with Gasteiger partial charge in [-0.05, 0) is 45.3 Å². The summed E-state index contributed by atoms with van der Waals surface area (Å²) in [7, 11) is 4.12. The molecule has 0 aliphatic heterocycles. The van der Waals surface area contributed by atoms with Gasteiger partial charge in [-0.2, -0.15) is 0 Å². The molecule has 0 aliphatic rings. The number of hydrogen-bond donors (Lipinski definition) is 1. The molecule has 4 aromatic rings. The summed E-state index contributed by atoms with van der Waals surface area (Å²) >= 11 is 0. The first-order valence-electron chi connectivity index (χ1n) is 8.58. The van der Waals surface area contributed by atoms with E-state index in [9.17, 15) is 0 Å². The minimum Gasteiger partial charge on any atom is -0.461 e. The second-order valence-corrected chi connectivity index (χ2v) is 6.37. The molecule has 3 heterocycles. The van der Waals surface area contributed by atoms with Gasteiger partial charge >= 0.3 is 0 Å². The van der Waals surface area contributed by atoms with Gasteiger partial charge in [0, 0.05) is 11.9 Å². The second kappa shape index (κ2) is 7.05. The molecule has 0 spiro atoms. The van der Waals surface area contributed by atoms with Crippen LogP contribution < -0.4 is 5.32 Å². The Balaban J connectivity index is 1.81. The standard InChI is InChI=1S/C19H20N6O/c1-25(2)11-6-10-20-19-17-16(13-7-3-4-8-14(13)23-24-17)21-18(22-19)15-9-5-12-26-15/h3-5,7-9,12H,6,10-11H2,1-2H3,(H,20,21,22). The van der Waals surface area contributed by atoms with Crippen molar-refractivity contribution in [1.29, 1.82) is 0 Å². The third-order valence-electron chi connectivity index (χ3n) is 4.12. The van der Waals surface area contributed by atoms with Crippen molar-refractivity contribution >= 4 is 27.8 Å². The number of nitrogens with one attached hydrogen (secondary N) is 1. The van der Waals surface area contributed by atoms with Gasteiger partial charge in [0.15, 0.2) is 22.9 Å². The number of rotatable bonds is 6. The summed E-state index contributed by atoms with van der Waals surface area (Å²) < 4.78 is 5.50. The number of hydrogen-bond acceptors (Lipinski definition) is 7. The molecule has 0 bridgehead atoms. The van der Waals surface area contributed by atoms with Crippen LogP contribution in [0.1, 0.15) is 6.42 Å². The maximum absolute atomic E-state index is 5.50. The van der Waals surface area contributed by atoms with E-state index in [0.29, 0.717) is 22.9 Å². The third kappa shape index (κ3) is 3.21. The van der Waals surface area contributed by atoms with Gasteiger partial charge in [-0.3, -0.25) is 0 Å². The van der Waals surface area contributed by atoms with Crippen LogP contribution in [0.4, 0.5) is 5.82 Å². The van der Waals surface area contributed by atoms with Gasteiger partial charge in [-0.1, -0.05) is 18.2 Å². The third-order valence-corrected chi connectivity index (χ3v) is 4.12. The molecule has 1 N–H and O–H groups in total. The van der Waals surface area contributed by atoms with Crippen molar-refractivity contribution < 1.29 is 4.42 Å². The fourth-order valence-corrected chi connectivity index (χ4v) is 2.84. The summed E-state index contributed by atoms with van der Waals surface area (Å²) in [6.07, 6.45) is 2.62. The summed E-state index contributed by atoms with van der Waals surface area (Å²) in [5.74, 6) is 1.85. The van der Waals surface area contributed by atoms with E-state index in [4.69, 9.17) is 9.40 Å². The molecule has 26 heavy (non-hydrogen) atoms. The first-order valence-corrected chi connectivity index (χ1v) is 8.58. The molecule has 0 aliphatic carbocycles. The molecule has 0 fully saturated rings. The topological polar surface area (TPSA) is 80.0 Å². The molecule has 0 saturated carbocycles. The van der Waals surface area contributed by atoms with E-state index < -0.39 is 0 Å². The zero-order chi connectivity index (χ0) is 17.9. The van der Waals surface area contributed by atoms with Crippen LogP contribution >= 0.6 is 0 Å². The van der Waals surface area contributed by atoms with Crippen LogP contribution in [0.2, 0.25) is 0 Å². The molecule has 0 radical (unpaired) electrons. The normalized spacial score (nSPS) is 11.5. The van der Waals surface area contributed by atoms with Crippen LogP contribution in [0.15, 0.2) is 47.1 Å². The monoisotopic (exact) mass is 348 g/mol. The highest BCUT2D eigenvalue weighted by atomic mass is 16.3. The predicted molar refractivity (Wildman–Crippen MR) is 102 cm³/mol. The Morgan fingerprint density at radius 3 is 2.69 bits per heavy atom. The summed E-state index contributed by atoms with van der Waals surface area (Å²) in [6, 6.07) is 11.5. The Kier molecular flexibility index (Phi) is 4.45. The van der Waals surface area contributed by atoms with Crippen LogP contribution in [0.5, 0.6) is 0 Å². The quantitative estimate of drug-likeness (QED) is 0.423. The number of fused-ring (bicyclic) bond motifs is 3. The second-order valence-electron chi connectivity index (χ2n) is 6.37. The molecule has 1 aromatic carbocycles. The summed E-state index contributed by atoms with van der Waals surface area (Å²) in [6.45, 7) is 1.78. The fraction of sp³-hybridized carbons (Fsp3) is 0.263. The largest absolute Gasteiger partial charge is 0.461 e. The molecule has 0 saturated heterocycles. The zero-order valence-corrected chi connectivity index (χ0v) is 14.8. The number of anilines is 1. The van der Waals surface area contributed by atoms with Gasteiger partial charge in [-0.25, -0.2) is 9.97 Å². The highest BCUT2D eigenvalue weighted by Gasteiger charge is 2.15. The van der Waals surface area contributed by atoms with E-state index in [1.165, 1.54) is 0 Å². The van der Waals surface area contributed by atoms with Crippen LogP contribution in [0.3, 0.4) is 0 Å². The molecule has 0 unspecified atom stereocenters. The lowest BCUT2D eigenvalue weighted by atomic mass is 10.2. The number of aromatic nitrogens is 4. The molecule has 0 amide bonds. The van der Waals surface area contributed by atoms with Crippen molar-refractivity contribution in [3.63, 3.8) is 0 Å². The first kappa shape index (κ1) is 16.4. The lowest BCUT2D eigenvalue weighted by Crippen LogP contribution is -2.17. The SMILES string of the molecule is CN(C)CCCNc1nc(-c2ccco2)nc2c1nnc1ccccc12. The van der Waals surface area contributed by atoms with Crippen LogP contribution in [-0.4, -0.2) is 52.3 Å². The van der Waals surface area contributed by atoms with E-state index in [0.717, 1.165) is 35.9 Å². The van der Waals surface area contributed by atoms with Crippen molar-refractivity contribution in [1.82, 2.24) is 25.1 Å². The zero-order valence-electron chi connectivity index (χ0n) is 14.8. The van der Waals surface area contributed by atoms with Crippen LogP contribution in [0.25, 0.3) is 33.5 Å². The van der Waals surface area contributed by atoms with Crippen molar-refractivity contribution in [2.45, 2.75) is 6.42 Å². The van der Waals surface area contributed by atoms with E-state index in [2.05, 4.69) is 39.5 Å². The number of benzene rings is 1. The molecule has 7 nitrogen and oxygen atoms in total. The van der Waals surface area contributed by atoms with E-state index in [-0.39, 0.29) is 0 Å². The highest BCUT2D eigenvalue weighted by molar-refractivity contribution is 6.04. The Hall–Kier alpha value is -3.06. The van der Waals surface area contributed by atoms with Gasteiger partial charge < -0.3 is 14.6 Å². The van der Waals surface area contributed by atoms with Gasteiger partial charge in [0.05, 0.1) is 11.8 Å². The van der Waals surface area contributed by atoms with E-state index in [1.54, 1.807) is 6.26 Å². The van der Waals surface area contributed by atoms with Crippen molar-refractivity contribution in [2.24, 2.45) is 0 Å². The Morgan fingerprint density at radius 2 is 1.88 bits per heavy atom. The van der Waals surface area contributed by atoms with Gasteiger partial charge in [0.25, 0.3) is 0 Å². The average Bonchev–Trinajstić information content (AvgIpc) is 3.19. The molecule has 132 valence electrons. The van der Waals surface area contributed by atoms with Gasteiger partial charge in [0.1, 0.15) is 5.52 Å². The van der Waals surface area contributed by atoms with Crippen molar-refractivity contribution in [3.05, 3.63) is 42.7 Å². The number of nitrogens with zero attached hydrogens (tertiary/aromatic N) is 5. The molecule has 0 atom stereocenters. The summed E-state index contributed by atoms with van der Waals surface area (Å²) in [4.78, 5) is 11.5.